The van der Waals surface area contributed by atoms with Gasteiger partial charge in [-0.15, -0.1) is 0 Å². The third-order valence-corrected chi connectivity index (χ3v) is 5.41. The van der Waals surface area contributed by atoms with Crippen molar-refractivity contribution in [3.8, 4) is 11.5 Å². The van der Waals surface area contributed by atoms with Crippen LogP contribution in [-0.2, 0) is 16.1 Å². The van der Waals surface area contributed by atoms with Crippen molar-refractivity contribution >= 4 is 17.8 Å². The number of amides is 4. The molecule has 2 saturated heterocycles. The predicted octanol–water partition coefficient (Wildman–Crippen LogP) is -1.78. The van der Waals surface area contributed by atoms with Crippen molar-refractivity contribution in [2.75, 3.05) is 46.1 Å². The van der Waals surface area contributed by atoms with Crippen molar-refractivity contribution < 1.29 is 29.0 Å². The monoisotopic (exact) mass is 419 g/mol. The number of nitrogens with zero attached hydrogens (tertiary/aromatic N) is 2. The van der Waals surface area contributed by atoms with E-state index in [1.165, 1.54) is 0 Å². The lowest BCUT2D eigenvalue weighted by atomic mass is 10.1. The highest BCUT2D eigenvalue weighted by molar-refractivity contribution is 5.93. The van der Waals surface area contributed by atoms with Crippen molar-refractivity contribution in [3.05, 3.63) is 23.8 Å². The third-order valence-electron chi connectivity index (χ3n) is 5.41. The molecule has 0 aliphatic carbocycles. The standard InChI is InChI=1S/C19H25N5O6/c25-10-14(21-17(26)13-8-20-19(28)22-13)18(27)24-5-3-23(4-6-24)9-12-1-2-15-16(7-12)30-11-29-15/h1-2,7,13-14,25H,3-6,8-11H2,(H,21,26)(H2,20,22,28)/t13?,14-/m0/s1. The number of carbonyl (C=O) groups is 3. The van der Waals surface area contributed by atoms with Crippen LogP contribution >= 0.6 is 0 Å². The molecule has 2 fully saturated rings. The molecule has 1 unspecified atom stereocenters. The highest BCUT2D eigenvalue weighted by Gasteiger charge is 2.32. The molecule has 4 amide bonds. The van der Waals surface area contributed by atoms with Crippen LogP contribution in [0.3, 0.4) is 0 Å². The maximum Gasteiger partial charge on any atom is 0.315 e. The number of urea groups is 1. The van der Waals surface area contributed by atoms with Crippen LogP contribution in [0.4, 0.5) is 4.79 Å². The number of nitrogens with one attached hydrogen (secondary N) is 3. The molecule has 3 aliphatic rings. The zero-order chi connectivity index (χ0) is 21.1. The highest BCUT2D eigenvalue weighted by atomic mass is 16.7. The molecular formula is C19H25N5O6. The molecule has 1 aromatic carbocycles. The van der Waals surface area contributed by atoms with Crippen LogP contribution in [0.2, 0.25) is 0 Å². The molecule has 30 heavy (non-hydrogen) atoms. The topological polar surface area (TPSA) is 132 Å². The van der Waals surface area contributed by atoms with Gasteiger partial charge < -0.3 is 35.4 Å². The van der Waals surface area contributed by atoms with E-state index < -0.39 is 30.6 Å². The first-order valence-corrected chi connectivity index (χ1v) is 9.89. The first-order chi connectivity index (χ1) is 14.5. The zero-order valence-corrected chi connectivity index (χ0v) is 16.4. The maximum atomic E-state index is 12.7. The summed E-state index contributed by atoms with van der Waals surface area (Å²) in [6.07, 6.45) is 0. The number of fused-ring (bicyclic) bond motifs is 1. The lowest BCUT2D eigenvalue weighted by molar-refractivity contribution is -0.139. The Morgan fingerprint density at radius 3 is 2.67 bits per heavy atom. The summed E-state index contributed by atoms with van der Waals surface area (Å²) in [6, 6.07) is 3.65. The molecule has 0 bridgehead atoms. The summed E-state index contributed by atoms with van der Waals surface area (Å²) in [5, 5.41) is 17.1. The molecule has 0 radical (unpaired) electrons. The smallest absolute Gasteiger partial charge is 0.315 e. The van der Waals surface area contributed by atoms with Gasteiger partial charge in [0.25, 0.3) is 0 Å². The lowest BCUT2D eigenvalue weighted by Gasteiger charge is -2.36. The Bertz CT molecular complexity index is 826. The largest absolute Gasteiger partial charge is 0.454 e. The molecule has 162 valence electrons. The van der Waals surface area contributed by atoms with Crippen LogP contribution in [0.1, 0.15) is 5.56 Å². The molecule has 0 aromatic heterocycles. The average Bonchev–Trinajstić information content (AvgIpc) is 3.40. The minimum atomic E-state index is -1.03. The van der Waals surface area contributed by atoms with Crippen molar-refractivity contribution in [3.63, 3.8) is 0 Å². The van der Waals surface area contributed by atoms with Crippen LogP contribution in [0.25, 0.3) is 0 Å². The summed E-state index contributed by atoms with van der Waals surface area (Å²) in [7, 11) is 0. The summed E-state index contributed by atoms with van der Waals surface area (Å²) in [4.78, 5) is 40.0. The number of benzene rings is 1. The van der Waals surface area contributed by atoms with Gasteiger partial charge in [0.05, 0.1) is 6.61 Å². The van der Waals surface area contributed by atoms with Crippen LogP contribution < -0.4 is 25.4 Å². The number of aliphatic hydroxyl groups excluding tert-OH is 1. The lowest BCUT2D eigenvalue weighted by Crippen LogP contribution is -2.57. The van der Waals surface area contributed by atoms with Crippen molar-refractivity contribution in [1.82, 2.24) is 25.8 Å². The summed E-state index contributed by atoms with van der Waals surface area (Å²) in [5.74, 6) is 0.670. The number of piperazine rings is 1. The van der Waals surface area contributed by atoms with Crippen LogP contribution in [-0.4, -0.2) is 91.0 Å². The van der Waals surface area contributed by atoms with E-state index in [1.54, 1.807) is 4.90 Å². The van der Waals surface area contributed by atoms with E-state index in [0.717, 1.165) is 23.6 Å². The molecule has 4 rings (SSSR count). The van der Waals surface area contributed by atoms with E-state index in [2.05, 4.69) is 20.9 Å². The fraction of sp³-hybridized carbons (Fsp3) is 0.526. The second kappa shape index (κ2) is 8.76. The molecule has 3 aliphatic heterocycles. The van der Waals surface area contributed by atoms with Crippen LogP contribution in [0.5, 0.6) is 11.5 Å². The maximum absolute atomic E-state index is 12.7. The summed E-state index contributed by atoms with van der Waals surface area (Å²) >= 11 is 0. The van der Waals surface area contributed by atoms with Gasteiger partial charge in [0, 0.05) is 39.3 Å². The van der Waals surface area contributed by atoms with E-state index in [9.17, 15) is 19.5 Å². The SMILES string of the molecule is O=C1NCC(C(=O)N[C@@H](CO)C(=O)N2CCN(Cc3ccc4c(c3)OCO4)CC2)N1. The predicted molar refractivity (Wildman–Crippen MR) is 104 cm³/mol. The molecular weight excluding hydrogens is 394 g/mol. The Hall–Kier alpha value is -3.05. The Morgan fingerprint density at radius 2 is 1.97 bits per heavy atom. The second-order valence-corrected chi connectivity index (χ2v) is 7.44. The molecule has 2 atom stereocenters. The van der Waals surface area contributed by atoms with Gasteiger partial charge in [0.2, 0.25) is 18.6 Å². The van der Waals surface area contributed by atoms with Gasteiger partial charge in [-0.1, -0.05) is 6.07 Å². The molecule has 0 saturated carbocycles. The zero-order valence-electron chi connectivity index (χ0n) is 16.4. The van der Waals surface area contributed by atoms with Crippen molar-refractivity contribution in [2.45, 2.75) is 18.6 Å². The number of hydrogen-bond acceptors (Lipinski definition) is 7. The van der Waals surface area contributed by atoms with E-state index in [0.29, 0.717) is 26.2 Å². The third kappa shape index (κ3) is 4.41. The fourth-order valence-corrected chi connectivity index (χ4v) is 3.72. The highest BCUT2D eigenvalue weighted by Crippen LogP contribution is 2.32. The Kier molecular flexibility index (Phi) is 5.91. The molecule has 1 aromatic rings. The number of rotatable bonds is 6. The number of hydrogen-bond donors (Lipinski definition) is 4. The first-order valence-electron chi connectivity index (χ1n) is 9.89. The fourth-order valence-electron chi connectivity index (χ4n) is 3.72. The molecule has 11 nitrogen and oxygen atoms in total. The Labute approximate surface area is 173 Å². The van der Waals surface area contributed by atoms with Gasteiger partial charge in [0.15, 0.2) is 11.5 Å². The van der Waals surface area contributed by atoms with Gasteiger partial charge in [-0.25, -0.2) is 4.79 Å². The van der Waals surface area contributed by atoms with Gasteiger partial charge in [-0.05, 0) is 17.7 Å². The van der Waals surface area contributed by atoms with Crippen molar-refractivity contribution in [2.24, 2.45) is 0 Å². The molecule has 0 spiro atoms. The van der Waals surface area contributed by atoms with E-state index in [-0.39, 0.29) is 19.2 Å². The van der Waals surface area contributed by atoms with E-state index >= 15 is 0 Å². The first kappa shape index (κ1) is 20.2. The van der Waals surface area contributed by atoms with Crippen LogP contribution in [0.15, 0.2) is 18.2 Å². The number of ether oxygens (including phenoxy) is 2. The van der Waals surface area contributed by atoms with Gasteiger partial charge in [-0.3, -0.25) is 14.5 Å². The van der Waals surface area contributed by atoms with E-state index in [1.807, 2.05) is 18.2 Å². The van der Waals surface area contributed by atoms with Crippen molar-refractivity contribution in [1.29, 1.82) is 0 Å². The van der Waals surface area contributed by atoms with E-state index in [4.69, 9.17) is 9.47 Å². The normalized spacial score (nSPS) is 21.7. The molecule has 11 heteroatoms. The Morgan fingerprint density at radius 1 is 1.20 bits per heavy atom. The number of carbonyl (C=O) groups excluding carboxylic acids is 3. The summed E-state index contributed by atoms with van der Waals surface area (Å²) in [6.45, 7) is 2.96. The Balaban J connectivity index is 1.26. The van der Waals surface area contributed by atoms with Gasteiger partial charge in [0.1, 0.15) is 12.1 Å². The van der Waals surface area contributed by atoms with Gasteiger partial charge >= 0.3 is 6.03 Å². The molecule has 3 heterocycles. The summed E-state index contributed by atoms with van der Waals surface area (Å²) < 4.78 is 10.7. The minimum absolute atomic E-state index is 0.148. The van der Waals surface area contributed by atoms with Crippen LogP contribution in [0, 0.1) is 0 Å². The quantitative estimate of drug-likeness (QED) is 0.428. The summed E-state index contributed by atoms with van der Waals surface area (Å²) in [5.41, 5.74) is 1.10. The minimum Gasteiger partial charge on any atom is -0.454 e. The average molecular weight is 419 g/mol. The van der Waals surface area contributed by atoms with Gasteiger partial charge in [-0.2, -0.15) is 0 Å². The number of aliphatic hydroxyl groups is 1. The molecule has 4 N–H and O–H groups in total. The second-order valence-electron chi connectivity index (χ2n) is 7.44.